The van der Waals surface area contributed by atoms with E-state index in [0.29, 0.717) is 5.82 Å². The first-order valence-corrected chi connectivity index (χ1v) is 14.0. The summed E-state index contributed by atoms with van der Waals surface area (Å²) in [6, 6.07) is 49.7. The van der Waals surface area contributed by atoms with Gasteiger partial charge in [0, 0.05) is 38.4 Å². The highest BCUT2D eigenvalue weighted by Gasteiger charge is 2.12. The summed E-state index contributed by atoms with van der Waals surface area (Å²) >= 11 is 0. The van der Waals surface area contributed by atoms with Crippen molar-refractivity contribution in [2.24, 2.45) is 0 Å². The van der Waals surface area contributed by atoms with Crippen LogP contribution in [0.4, 0.5) is 0 Å². The number of rotatable bonds is 4. The minimum absolute atomic E-state index is 0.703. The second-order valence-electron chi connectivity index (χ2n) is 10.3. The van der Waals surface area contributed by atoms with Gasteiger partial charge < -0.3 is 0 Å². The molecule has 5 aromatic carbocycles. The molecule has 0 amide bonds. The number of nitrogens with zero attached hydrogens (tertiary/aromatic N) is 4. The topological polar surface area (TPSA) is 51.6 Å². The van der Waals surface area contributed by atoms with E-state index in [9.17, 15) is 0 Å². The lowest BCUT2D eigenvalue weighted by Crippen LogP contribution is -1.95. The number of hydrogen-bond acceptors (Lipinski definition) is 4. The Hall–Kier alpha value is -5.74. The molecule has 3 heterocycles. The van der Waals surface area contributed by atoms with Crippen LogP contribution in [-0.2, 0) is 0 Å². The van der Waals surface area contributed by atoms with Crippen LogP contribution in [0.25, 0.3) is 77.9 Å². The van der Waals surface area contributed by atoms with Crippen molar-refractivity contribution < 1.29 is 0 Å². The van der Waals surface area contributed by atoms with Crippen LogP contribution >= 0.6 is 0 Å². The molecule has 0 unspecified atom stereocenters. The van der Waals surface area contributed by atoms with Gasteiger partial charge in [0.05, 0.1) is 33.6 Å². The molecular weight excluding hydrogens is 512 g/mol. The molecule has 0 fully saturated rings. The summed E-state index contributed by atoms with van der Waals surface area (Å²) in [5.41, 5.74) is 9.67. The normalized spacial score (nSPS) is 11.3. The summed E-state index contributed by atoms with van der Waals surface area (Å²) in [5.74, 6) is 0.703. The Bertz CT molecular complexity index is 2230. The van der Waals surface area contributed by atoms with Gasteiger partial charge >= 0.3 is 0 Å². The van der Waals surface area contributed by atoms with Gasteiger partial charge in [-0.05, 0) is 18.2 Å². The van der Waals surface area contributed by atoms with Crippen molar-refractivity contribution in [1.29, 1.82) is 0 Å². The summed E-state index contributed by atoms with van der Waals surface area (Å²) in [6.45, 7) is 0. The van der Waals surface area contributed by atoms with Gasteiger partial charge in [-0.1, -0.05) is 127 Å². The van der Waals surface area contributed by atoms with E-state index in [1.807, 2.05) is 54.6 Å². The van der Waals surface area contributed by atoms with Gasteiger partial charge in [0.15, 0.2) is 5.82 Å². The highest BCUT2D eigenvalue weighted by Crippen LogP contribution is 2.31. The minimum Gasteiger partial charge on any atom is -0.245 e. The van der Waals surface area contributed by atoms with Gasteiger partial charge in [-0.3, -0.25) is 0 Å². The zero-order valence-corrected chi connectivity index (χ0v) is 22.6. The van der Waals surface area contributed by atoms with Gasteiger partial charge in [-0.15, -0.1) is 0 Å². The Morgan fingerprint density at radius 1 is 0.333 bits per heavy atom. The first-order valence-electron chi connectivity index (χ1n) is 14.0. The Morgan fingerprint density at radius 2 is 0.833 bits per heavy atom. The monoisotopic (exact) mass is 536 g/mol. The Balaban J connectivity index is 1.20. The molecule has 0 atom stereocenters. The molecule has 4 nitrogen and oxygen atoms in total. The van der Waals surface area contributed by atoms with Crippen molar-refractivity contribution in [2.75, 3.05) is 0 Å². The van der Waals surface area contributed by atoms with Crippen LogP contribution in [0.1, 0.15) is 0 Å². The zero-order valence-electron chi connectivity index (χ0n) is 22.6. The van der Waals surface area contributed by atoms with Crippen molar-refractivity contribution in [2.45, 2.75) is 0 Å². The fourth-order valence-corrected chi connectivity index (χ4v) is 5.51. The lowest BCUT2D eigenvalue weighted by molar-refractivity contribution is 1.23. The molecule has 3 aromatic heterocycles. The Kier molecular flexibility index (Phi) is 5.75. The summed E-state index contributed by atoms with van der Waals surface area (Å²) < 4.78 is 0. The van der Waals surface area contributed by atoms with Gasteiger partial charge in [-0.2, -0.15) is 0 Å². The summed E-state index contributed by atoms with van der Waals surface area (Å²) in [5, 5.41) is 3.18. The van der Waals surface area contributed by atoms with E-state index >= 15 is 0 Å². The van der Waals surface area contributed by atoms with Crippen molar-refractivity contribution in [1.82, 2.24) is 19.9 Å². The molecule has 0 aliphatic carbocycles. The van der Waals surface area contributed by atoms with E-state index < -0.39 is 0 Å². The number of fused-ring (bicyclic) bond motifs is 4. The predicted molar refractivity (Wildman–Crippen MR) is 172 cm³/mol. The van der Waals surface area contributed by atoms with Gasteiger partial charge in [0.2, 0.25) is 0 Å². The largest absolute Gasteiger partial charge is 0.245 e. The summed E-state index contributed by atoms with van der Waals surface area (Å²) in [4.78, 5) is 20.1. The molecule has 0 saturated carbocycles. The van der Waals surface area contributed by atoms with Crippen LogP contribution < -0.4 is 0 Å². The molecule has 0 aliphatic heterocycles. The van der Waals surface area contributed by atoms with Crippen LogP contribution in [0.3, 0.4) is 0 Å². The second kappa shape index (κ2) is 10.0. The van der Waals surface area contributed by atoms with Crippen LogP contribution in [0.5, 0.6) is 0 Å². The number of aromatic nitrogens is 4. The molecule has 0 aliphatic rings. The standard InChI is InChI=1S/C38H24N4/c1-3-9-25(10-4-1)32-23-21-28-17-18-29-22-24-33(40-37(29)36(28)39-32)26-15-19-30(20-16-26)38-41-34-14-8-7-13-31(34)35(42-38)27-11-5-2-6-12-27/h1-24H. The molecule has 196 valence electrons. The summed E-state index contributed by atoms with van der Waals surface area (Å²) in [7, 11) is 0. The van der Waals surface area contributed by atoms with Crippen LogP contribution in [0, 0.1) is 0 Å². The maximum Gasteiger partial charge on any atom is 0.160 e. The van der Waals surface area contributed by atoms with E-state index in [-0.39, 0.29) is 0 Å². The molecule has 0 spiro atoms. The van der Waals surface area contributed by atoms with Crippen molar-refractivity contribution >= 4 is 32.7 Å². The van der Waals surface area contributed by atoms with E-state index in [0.717, 1.165) is 72.0 Å². The van der Waals surface area contributed by atoms with Crippen molar-refractivity contribution in [3.05, 3.63) is 146 Å². The van der Waals surface area contributed by atoms with Crippen molar-refractivity contribution in [3.8, 4) is 45.2 Å². The molecule has 0 N–H and O–H groups in total. The first-order chi connectivity index (χ1) is 20.8. The van der Waals surface area contributed by atoms with E-state index in [1.54, 1.807) is 0 Å². The molecule has 0 saturated heterocycles. The SMILES string of the molecule is c1ccc(-c2ccc3ccc4ccc(-c5ccc(-c6nc(-c7ccccc7)c7ccccc7n6)cc5)nc4c3n2)cc1. The Morgan fingerprint density at radius 3 is 1.48 bits per heavy atom. The average Bonchev–Trinajstić information content (AvgIpc) is 3.08. The molecule has 0 bridgehead atoms. The number of para-hydroxylation sites is 1. The maximum absolute atomic E-state index is 5.11. The molecule has 4 heteroatoms. The number of hydrogen-bond donors (Lipinski definition) is 0. The first kappa shape index (κ1) is 24.1. The highest BCUT2D eigenvalue weighted by atomic mass is 14.9. The lowest BCUT2D eigenvalue weighted by atomic mass is 10.0. The smallest absolute Gasteiger partial charge is 0.160 e. The molecule has 0 radical (unpaired) electrons. The fourth-order valence-electron chi connectivity index (χ4n) is 5.51. The van der Waals surface area contributed by atoms with E-state index in [2.05, 4.69) is 91.0 Å². The quantitative estimate of drug-likeness (QED) is 0.210. The fraction of sp³-hybridized carbons (Fsp3) is 0. The van der Waals surface area contributed by atoms with Gasteiger partial charge in [0.1, 0.15) is 0 Å². The number of pyridine rings is 2. The molecule has 8 rings (SSSR count). The highest BCUT2D eigenvalue weighted by molar-refractivity contribution is 6.04. The maximum atomic E-state index is 5.11. The predicted octanol–water partition coefficient (Wildman–Crippen LogP) is 9.39. The third-order valence-corrected chi connectivity index (χ3v) is 7.68. The summed E-state index contributed by atoms with van der Waals surface area (Å²) in [6.07, 6.45) is 0. The third kappa shape index (κ3) is 4.27. The van der Waals surface area contributed by atoms with Gasteiger partial charge in [-0.25, -0.2) is 19.9 Å². The Labute approximate surface area is 243 Å². The second-order valence-corrected chi connectivity index (χ2v) is 10.3. The molecular formula is C38H24N4. The average molecular weight is 537 g/mol. The van der Waals surface area contributed by atoms with Gasteiger partial charge in [0.25, 0.3) is 0 Å². The number of benzene rings is 5. The van der Waals surface area contributed by atoms with Crippen LogP contribution in [0.15, 0.2) is 146 Å². The van der Waals surface area contributed by atoms with E-state index in [1.165, 1.54) is 0 Å². The zero-order chi connectivity index (χ0) is 27.9. The third-order valence-electron chi connectivity index (χ3n) is 7.68. The van der Waals surface area contributed by atoms with E-state index in [4.69, 9.17) is 19.9 Å². The lowest BCUT2D eigenvalue weighted by Gasteiger charge is -2.10. The van der Waals surface area contributed by atoms with Crippen LogP contribution in [-0.4, -0.2) is 19.9 Å². The minimum atomic E-state index is 0.703. The van der Waals surface area contributed by atoms with Crippen molar-refractivity contribution in [3.63, 3.8) is 0 Å². The molecule has 42 heavy (non-hydrogen) atoms. The van der Waals surface area contributed by atoms with Crippen LogP contribution in [0.2, 0.25) is 0 Å². The molecule has 8 aromatic rings.